The van der Waals surface area contributed by atoms with Gasteiger partial charge < -0.3 is 33.6 Å². The zero-order chi connectivity index (χ0) is 29.9. The average Bonchev–Trinajstić information content (AvgIpc) is 3.36. The normalized spacial score (nSPS) is 16.9. The number of aromatic nitrogens is 1. The SMILES string of the molecule is COCCCn1cc(C)c2ccc(COC3CNCCC3c3ccc(OCCCOCc4ccccc4OC)cc3)cc21. The highest BCUT2D eigenvalue weighted by atomic mass is 16.5. The van der Waals surface area contributed by atoms with Crippen LogP contribution in [-0.4, -0.2) is 57.8 Å². The van der Waals surface area contributed by atoms with Gasteiger partial charge in [-0.25, -0.2) is 0 Å². The van der Waals surface area contributed by atoms with E-state index in [-0.39, 0.29) is 6.10 Å². The summed E-state index contributed by atoms with van der Waals surface area (Å²) in [6, 6.07) is 23.2. The van der Waals surface area contributed by atoms with Crippen molar-refractivity contribution in [2.45, 2.75) is 58.0 Å². The van der Waals surface area contributed by atoms with Gasteiger partial charge in [-0.05, 0) is 67.3 Å². The number of rotatable bonds is 16. The van der Waals surface area contributed by atoms with E-state index in [2.05, 4.69) is 65.5 Å². The molecular weight excluding hydrogens is 540 g/mol. The van der Waals surface area contributed by atoms with E-state index in [4.69, 9.17) is 23.7 Å². The molecule has 1 N–H and O–H groups in total. The van der Waals surface area contributed by atoms with Gasteiger partial charge in [0, 0.05) is 61.8 Å². The molecule has 7 nitrogen and oxygen atoms in total. The van der Waals surface area contributed by atoms with Crippen LogP contribution in [0.4, 0.5) is 0 Å². The fourth-order valence-corrected chi connectivity index (χ4v) is 5.93. The monoisotopic (exact) mass is 586 g/mol. The first-order valence-corrected chi connectivity index (χ1v) is 15.5. The van der Waals surface area contributed by atoms with Crippen molar-refractivity contribution in [1.82, 2.24) is 9.88 Å². The topological polar surface area (TPSA) is 63.1 Å². The summed E-state index contributed by atoms with van der Waals surface area (Å²) in [5.41, 5.74) is 6.14. The van der Waals surface area contributed by atoms with Crippen LogP contribution in [0.15, 0.2) is 72.9 Å². The largest absolute Gasteiger partial charge is 0.496 e. The third-order valence-electron chi connectivity index (χ3n) is 8.24. The van der Waals surface area contributed by atoms with Gasteiger partial charge in [0.1, 0.15) is 11.5 Å². The van der Waals surface area contributed by atoms with Crippen LogP contribution >= 0.6 is 0 Å². The summed E-state index contributed by atoms with van der Waals surface area (Å²) in [7, 11) is 3.44. The van der Waals surface area contributed by atoms with Crippen molar-refractivity contribution in [2.75, 3.05) is 47.1 Å². The van der Waals surface area contributed by atoms with Gasteiger partial charge in [-0.3, -0.25) is 0 Å². The molecule has 1 saturated heterocycles. The van der Waals surface area contributed by atoms with Crippen molar-refractivity contribution >= 4 is 10.9 Å². The maximum absolute atomic E-state index is 6.56. The highest BCUT2D eigenvalue weighted by Crippen LogP contribution is 2.30. The second-order valence-electron chi connectivity index (χ2n) is 11.3. The predicted molar refractivity (Wildman–Crippen MR) is 171 cm³/mol. The van der Waals surface area contributed by atoms with Gasteiger partial charge in [0.15, 0.2) is 0 Å². The van der Waals surface area contributed by atoms with E-state index in [9.17, 15) is 0 Å². The second kappa shape index (κ2) is 15.9. The number of para-hydroxylation sites is 1. The molecule has 1 aliphatic heterocycles. The van der Waals surface area contributed by atoms with E-state index in [1.165, 1.54) is 27.6 Å². The number of hydrogen-bond donors (Lipinski definition) is 1. The van der Waals surface area contributed by atoms with Gasteiger partial charge in [-0.2, -0.15) is 0 Å². The van der Waals surface area contributed by atoms with Gasteiger partial charge in [-0.15, -0.1) is 0 Å². The van der Waals surface area contributed by atoms with Gasteiger partial charge >= 0.3 is 0 Å². The molecule has 0 radical (unpaired) electrons. The molecule has 4 aromatic rings. The molecule has 7 heteroatoms. The van der Waals surface area contributed by atoms with Crippen molar-refractivity contribution in [2.24, 2.45) is 0 Å². The first-order valence-electron chi connectivity index (χ1n) is 15.5. The minimum atomic E-state index is 0.117. The van der Waals surface area contributed by atoms with Crippen LogP contribution in [0.1, 0.15) is 47.4 Å². The van der Waals surface area contributed by atoms with Crippen LogP contribution in [0, 0.1) is 6.92 Å². The number of hydrogen-bond acceptors (Lipinski definition) is 6. The minimum absolute atomic E-state index is 0.117. The van der Waals surface area contributed by atoms with E-state index < -0.39 is 0 Å². The quantitative estimate of drug-likeness (QED) is 0.149. The molecule has 5 rings (SSSR count). The fraction of sp³-hybridized carbons (Fsp3) is 0.444. The Labute approximate surface area is 256 Å². The summed E-state index contributed by atoms with van der Waals surface area (Å²) < 4.78 is 31.4. The molecule has 0 saturated carbocycles. The number of nitrogens with zero attached hydrogens (tertiary/aromatic N) is 1. The highest BCUT2D eigenvalue weighted by Gasteiger charge is 2.27. The molecule has 230 valence electrons. The first-order chi connectivity index (χ1) is 21.2. The molecule has 0 bridgehead atoms. The zero-order valence-corrected chi connectivity index (χ0v) is 25.8. The molecule has 2 unspecified atom stereocenters. The summed E-state index contributed by atoms with van der Waals surface area (Å²) >= 11 is 0. The number of fused-ring (bicyclic) bond motifs is 1. The van der Waals surface area contributed by atoms with Crippen LogP contribution in [0.5, 0.6) is 11.5 Å². The van der Waals surface area contributed by atoms with Gasteiger partial charge in [0.2, 0.25) is 0 Å². The van der Waals surface area contributed by atoms with Crippen molar-refractivity contribution in [3.63, 3.8) is 0 Å². The van der Waals surface area contributed by atoms with Crippen molar-refractivity contribution in [3.8, 4) is 11.5 Å². The average molecular weight is 587 g/mol. The van der Waals surface area contributed by atoms with Gasteiger partial charge in [0.25, 0.3) is 0 Å². The summed E-state index contributed by atoms with van der Waals surface area (Å²) in [5.74, 6) is 2.09. The van der Waals surface area contributed by atoms with Crippen LogP contribution < -0.4 is 14.8 Å². The van der Waals surface area contributed by atoms with E-state index in [1.54, 1.807) is 14.2 Å². The maximum atomic E-state index is 6.56. The molecule has 3 aromatic carbocycles. The van der Waals surface area contributed by atoms with E-state index >= 15 is 0 Å². The maximum Gasteiger partial charge on any atom is 0.124 e. The van der Waals surface area contributed by atoms with Crippen molar-refractivity contribution in [1.29, 1.82) is 0 Å². The number of ether oxygens (including phenoxy) is 5. The molecule has 0 amide bonds. The summed E-state index contributed by atoms with van der Waals surface area (Å²) in [6.45, 7) is 8.14. The zero-order valence-electron chi connectivity index (χ0n) is 25.8. The first kappa shape index (κ1) is 31.1. The lowest BCUT2D eigenvalue weighted by atomic mass is 9.87. The third-order valence-corrected chi connectivity index (χ3v) is 8.24. The van der Waals surface area contributed by atoms with Crippen LogP contribution in [0.25, 0.3) is 10.9 Å². The van der Waals surface area contributed by atoms with Gasteiger partial charge in [-0.1, -0.05) is 42.5 Å². The number of piperidine rings is 1. The van der Waals surface area contributed by atoms with Crippen LogP contribution in [0.2, 0.25) is 0 Å². The highest BCUT2D eigenvalue weighted by molar-refractivity contribution is 5.84. The Bertz CT molecular complexity index is 1420. The summed E-state index contributed by atoms with van der Waals surface area (Å²) in [5, 5.41) is 4.84. The smallest absolute Gasteiger partial charge is 0.124 e. The minimum Gasteiger partial charge on any atom is -0.496 e. The number of methoxy groups -OCH3 is 2. The Morgan fingerprint density at radius 2 is 1.77 bits per heavy atom. The summed E-state index contributed by atoms with van der Waals surface area (Å²) in [6.07, 6.45) is 5.24. The lowest BCUT2D eigenvalue weighted by Gasteiger charge is -2.32. The standard InChI is InChI=1S/C36H46N2O5/c1-27-24-38(18-6-19-39-2)34-22-28(10-15-32(27)34)25-43-36-23-37-17-16-33(36)29-11-13-31(14-12-29)42-21-7-20-41-26-30-8-4-5-9-35(30)40-3/h4-5,8-15,22,24,33,36-37H,6-7,16-21,23,25-26H2,1-3H3. The lowest BCUT2D eigenvalue weighted by molar-refractivity contribution is 0.0106. The molecule has 2 heterocycles. The van der Waals surface area contributed by atoms with E-state index in [0.29, 0.717) is 32.3 Å². The number of aryl methyl sites for hydroxylation is 2. The lowest BCUT2D eigenvalue weighted by Crippen LogP contribution is -2.40. The second-order valence-corrected chi connectivity index (χ2v) is 11.3. The number of nitrogens with one attached hydrogen (secondary N) is 1. The van der Waals surface area contributed by atoms with Crippen LogP contribution in [0.3, 0.4) is 0 Å². The molecule has 0 spiro atoms. The third kappa shape index (κ3) is 8.39. The summed E-state index contributed by atoms with van der Waals surface area (Å²) in [4.78, 5) is 0. The van der Waals surface area contributed by atoms with Gasteiger partial charge in [0.05, 0.1) is 39.6 Å². The molecule has 1 fully saturated rings. The molecule has 1 aromatic heterocycles. The Kier molecular flexibility index (Phi) is 11.5. The predicted octanol–water partition coefficient (Wildman–Crippen LogP) is 6.64. The molecule has 2 atom stereocenters. The van der Waals surface area contributed by atoms with Crippen LogP contribution in [-0.2, 0) is 34.0 Å². The Hall–Kier alpha value is -3.36. The molecule has 0 aliphatic carbocycles. The Morgan fingerprint density at radius 3 is 2.60 bits per heavy atom. The van der Waals surface area contributed by atoms with E-state index in [0.717, 1.165) is 62.6 Å². The Morgan fingerprint density at radius 1 is 0.907 bits per heavy atom. The van der Waals surface area contributed by atoms with E-state index in [1.807, 2.05) is 24.3 Å². The van der Waals surface area contributed by atoms with Crippen molar-refractivity contribution in [3.05, 3.63) is 95.2 Å². The van der Waals surface area contributed by atoms with Crippen molar-refractivity contribution < 1.29 is 23.7 Å². The molecule has 1 aliphatic rings. The molecular formula is C36H46N2O5. The molecule has 43 heavy (non-hydrogen) atoms. The fourth-order valence-electron chi connectivity index (χ4n) is 5.93. The number of benzene rings is 3. The Balaban J connectivity index is 1.10.